The van der Waals surface area contributed by atoms with E-state index in [0.29, 0.717) is 12.8 Å². The molecule has 0 aromatic heterocycles. The Morgan fingerprint density at radius 2 is 0.729 bits per heavy atom. The summed E-state index contributed by atoms with van der Waals surface area (Å²) in [6.45, 7) is 3.74. The van der Waals surface area contributed by atoms with Crippen LogP contribution in [0.2, 0.25) is 0 Å². The molecule has 1 saturated heterocycles. The third kappa shape index (κ3) is 52.3. The largest absolute Gasteiger partial charge is 0.394 e. The first kappa shape index (κ1) is 79.6. The molecule has 85 heavy (non-hydrogen) atoms. The number of carbonyl (C=O) groups excluding carboxylic acids is 1. The Hall–Kier alpha value is -3.41. The average molecular weight is 1190 g/mol. The van der Waals surface area contributed by atoms with Crippen LogP contribution in [0, 0.1) is 0 Å². The maximum absolute atomic E-state index is 13.2. The molecule has 0 radical (unpaired) electrons. The lowest BCUT2D eigenvalue weighted by Gasteiger charge is -2.40. The zero-order valence-electron chi connectivity index (χ0n) is 54.6. The van der Waals surface area contributed by atoms with Crippen molar-refractivity contribution in [3.63, 3.8) is 0 Å². The third-order valence-electron chi connectivity index (χ3n) is 16.1. The van der Waals surface area contributed by atoms with Crippen LogP contribution in [0.3, 0.4) is 0 Å². The fourth-order valence-electron chi connectivity index (χ4n) is 10.6. The Kier molecular flexibility index (Phi) is 59.6. The highest BCUT2D eigenvalue weighted by atomic mass is 16.7. The summed E-state index contributed by atoms with van der Waals surface area (Å²) in [6, 6.07) is -0.733. The van der Waals surface area contributed by atoms with Gasteiger partial charge < -0.3 is 40.3 Å². The molecule has 9 heteroatoms. The number of ether oxygens (including phenoxy) is 2. The van der Waals surface area contributed by atoms with Crippen LogP contribution in [0.1, 0.15) is 296 Å². The summed E-state index contributed by atoms with van der Waals surface area (Å²) < 4.78 is 11.4. The van der Waals surface area contributed by atoms with Gasteiger partial charge in [0.15, 0.2) is 6.29 Å². The van der Waals surface area contributed by atoms with Crippen molar-refractivity contribution in [2.24, 2.45) is 0 Å². The Morgan fingerprint density at radius 3 is 1.08 bits per heavy atom. The molecule has 0 spiro atoms. The molecule has 0 bridgehead atoms. The highest BCUT2D eigenvalue weighted by Crippen LogP contribution is 2.23. The van der Waals surface area contributed by atoms with Gasteiger partial charge in [-0.15, -0.1) is 0 Å². The average Bonchev–Trinajstić information content (AvgIpc) is 3.66. The van der Waals surface area contributed by atoms with Gasteiger partial charge in [0.05, 0.1) is 25.4 Å². The normalized spacial score (nSPS) is 18.9. The highest BCUT2D eigenvalue weighted by Gasteiger charge is 2.44. The van der Waals surface area contributed by atoms with Gasteiger partial charge in [0.25, 0.3) is 0 Å². The molecule has 1 aliphatic heterocycles. The minimum absolute atomic E-state index is 0.146. The topological polar surface area (TPSA) is 149 Å². The van der Waals surface area contributed by atoms with E-state index in [9.17, 15) is 30.3 Å². The summed E-state index contributed by atoms with van der Waals surface area (Å²) in [5.41, 5.74) is 0. The standard InChI is InChI=1S/C76H131NO8/c1-3-5-7-9-11-13-15-17-19-21-23-25-27-28-29-30-31-32-33-34-35-36-37-38-39-40-41-42-44-46-48-50-52-54-56-58-60-62-64-66-72(80)77-69(68-84-76-75(83)74(82)73(81)71(67-78)85-76)70(79)65-63-61-59-57-55-53-51-49-47-45-43-26-24-22-20-18-16-14-12-10-8-6-4-2/h5,7,11,13,17,19,23,25,28-29,31-32,34-35,37-38,40-41,44,46,69-71,73-76,78-79,81-83H,3-4,6,8-10,12,14-16,18,20-22,24,26-27,30,33,36,39,42-43,45,47-68H2,1-2H3,(H,77,80)/b7-5-,13-11-,19-17-,25-23-,29-28-,32-31-,35-34-,38-37-,41-40-,46-44-. The molecule has 7 unspecified atom stereocenters. The van der Waals surface area contributed by atoms with Crippen LogP contribution in [0.25, 0.3) is 0 Å². The van der Waals surface area contributed by atoms with Gasteiger partial charge in [-0.2, -0.15) is 0 Å². The number of rotatable bonds is 60. The molecule has 488 valence electrons. The smallest absolute Gasteiger partial charge is 0.220 e. The molecule has 1 rings (SSSR count). The summed E-state index contributed by atoms with van der Waals surface area (Å²) in [5, 5.41) is 54.9. The van der Waals surface area contributed by atoms with E-state index in [1.165, 1.54) is 154 Å². The molecule has 0 aromatic rings. The van der Waals surface area contributed by atoms with Crippen molar-refractivity contribution < 1.29 is 39.8 Å². The van der Waals surface area contributed by atoms with E-state index >= 15 is 0 Å². The van der Waals surface area contributed by atoms with Crippen molar-refractivity contribution in [3.05, 3.63) is 122 Å². The first-order valence-electron chi connectivity index (χ1n) is 35.2. The van der Waals surface area contributed by atoms with Gasteiger partial charge in [-0.1, -0.05) is 322 Å². The lowest BCUT2D eigenvalue weighted by atomic mass is 9.99. The van der Waals surface area contributed by atoms with E-state index in [2.05, 4.69) is 141 Å². The van der Waals surface area contributed by atoms with Crippen LogP contribution in [0.15, 0.2) is 122 Å². The molecule has 1 aliphatic rings. The molecule has 1 amide bonds. The number of hydrogen-bond acceptors (Lipinski definition) is 8. The summed E-state index contributed by atoms with van der Waals surface area (Å²) in [4.78, 5) is 13.2. The van der Waals surface area contributed by atoms with E-state index < -0.39 is 49.5 Å². The number of hydrogen-bond donors (Lipinski definition) is 6. The van der Waals surface area contributed by atoms with Gasteiger partial charge in [0.2, 0.25) is 5.91 Å². The van der Waals surface area contributed by atoms with Crippen molar-refractivity contribution in [2.75, 3.05) is 13.2 Å². The lowest BCUT2D eigenvalue weighted by molar-refractivity contribution is -0.302. The van der Waals surface area contributed by atoms with Crippen molar-refractivity contribution >= 4 is 5.91 Å². The third-order valence-corrected chi connectivity index (χ3v) is 16.1. The number of carbonyl (C=O) groups is 1. The van der Waals surface area contributed by atoms with E-state index in [4.69, 9.17) is 9.47 Å². The number of unbranched alkanes of at least 4 members (excludes halogenated alkanes) is 30. The first-order valence-corrected chi connectivity index (χ1v) is 35.2. The fraction of sp³-hybridized carbons (Fsp3) is 0.724. The maximum atomic E-state index is 13.2. The second-order valence-electron chi connectivity index (χ2n) is 23.9. The molecule has 0 saturated carbocycles. The minimum Gasteiger partial charge on any atom is -0.394 e. The van der Waals surface area contributed by atoms with Crippen LogP contribution in [0.5, 0.6) is 0 Å². The quantitative estimate of drug-likeness (QED) is 0.0261. The van der Waals surface area contributed by atoms with Gasteiger partial charge in [-0.3, -0.25) is 4.79 Å². The van der Waals surface area contributed by atoms with Crippen molar-refractivity contribution in [1.29, 1.82) is 0 Å². The summed E-state index contributed by atoms with van der Waals surface area (Å²) in [6.07, 6.45) is 88.2. The maximum Gasteiger partial charge on any atom is 0.220 e. The molecule has 7 atom stereocenters. The van der Waals surface area contributed by atoms with Gasteiger partial charge >= 0.3 is 0 Å². The van der Waals surface area contributed by atoms with E-state index in [1.807, 2.05) is 0 Å². The van der Waals surface area contributed by atoms with Gasteiger partial charge in [0.1, 0.15) is 24.4 Å². The number of amides is 1. The van der Waals surface area contributed by atoms with Crippen molar-refractivity contribution in [2.45, 2.75) is 339 Å². The molecule has 6 N–H and O–H groups in total. The number of aliphatic hydroxyl groups is 5. The van der Waals surface area contributed by atoms with Gasteiger partial charge in [-0.05, 0) is 89.9 Å². The van der Waals surface area contributed by atoms with E-state index in [-0.39, 0.29) is 12.5 Å². The van der Waals surface area contributed by atoms with Crippen LogP contribution < -0.4 is 5.32 Å². The molecular weight excluding hydrogens is 1050 g/mol. The number of allylic oxidation sites excluding steroid dienone is 20. The Morgan fingerprint density at radius 1 is 0.412 bits per heavy atom. The monoisotopic (exact) mass is 1190 g/mol. The lowest BCUT2D eigenvalue weighted by Crippen LogP contribution is -2.60. The Bertz CT molecular complexity index is 1760. The molecule has 1 fully saturated rings. The zero-order chi connectivity index (χ0) is 61.4. The predicted molar refractivity (Wildman–Crippen MR) is 364 cm³/mol. The SMILES string of the molecule is CC/C=C\C/C=C\C/C=C\C/C=C\C/C=C\C/C=C\C/C=C\C/C=C\C/C=C\C/C=C\CCCCCCCCCCC(=O)NC(COC1OC(CO)C(O)C(O)C1O)C(O)CCCCCCCCCCCCCCCCCCCCCCCCC. The highest BCUT2D eigenvalue weighted by molar-refractivity contribution is 5.76. The number of aliphatic hydroxyl groups excluding tert-OH is 5. The molecule has 1 heterocycles. The predicted octanol–water partition coefficient (Wildman–Crippen LogP) is 19.4. The second kappa shape index (κ2) is 63.6. The summed E-state index contributed by atoms with van der Waals surface area (Å²) in [7, 11) is 0. The molecule has 0 aromatic carbocycles. The van der Waals surface area contributed by atoms with Crippen LogP contribution in [-0.2, 0) is 14.3 Å². The fourth-order valence-corrected chi connectivity index (χ4v) is 10.6. The molecule has 0 aliphatic carbocycles. The van der Waals surface area contributed by atoms with Gasteiger partial charge in [-0.25, -0.2) is 0 Å². The second-order valence-corrected chi connectivity index (χ2v) is 23.9. The first-order chi connectivity index (χ1) is 41.8. The summed E-state index contributed by atoms with van der Waals surface area (Å²) in [5.74, 6) is -0.154. The minimum atomic E-state index is -1.56. The Labute approximate surface area is 522 Å². The van der Waals surface area contributed by atoms with Crippen LogP contribution >= 0.6 is 0 Å². The molecule has 9 nitrogen and oxygen atoms in total. The number of nitrogens with one attached hydrogen (secondary N) is 1. The van der Waals surface area contributed by atoms with Crippen LogP contribution in [-0.4, -0.2) is 87.5 Å². The van der Waals surface area contributed by atoms with E-state index in [0.717, 1.165) is 116 Å². The van der Waals surface area contributed by atoms with Crippen molar-refractivity contribution in [3.8, 4) is 0 Å². The molecular formula is C76H131NO8. The van der Waals surface area contributed by atoms with E-state index in [1.54, 1.807) is 0 Å². The zero-order valence-corrected chi connectivity index (χ0v) is 54.6. The van der Waals surface area contributed by atoms with Gasteiger partial charge in [0, 0.05) is 6.42 Å². The summed E-state index contributed by atoms with van der Waals surface area (Å²) >= 11 is 0. The Balaban J connectivity index is 2.15. The van der Waals surface area contributed by atoms with Crippen LogP contribution in [0.4, 0.5) is 0 Å². The van der Waals surface area contributed by atoms with Crippen molar-refractivity contribution in [1.82, 2.24) is 5.32 Å².